The fourth-order valence-electron chi connectivity index (χ4n) is 2.15. The van der Waals surface area contributed by atoms with E-state index in [0.717, 1.165) is 43.3 Å². The van der Waals surface area contributed by atoms with Crippen molar-refractivity contribution >= 4 is 5.69 Å². The van der Waals surface area contributed by atoms with E-state index in [1.807, 2.05) is 29.1 Å². The molecule has 1 aromatic heterocycles. The zero-order valence-corrected chi connectivity index (χ0v) is 11.6. The molecule has 0 aliphatic carbocycles. The standard InChI is InChI=1S/C15H19N3O2/c1-2-18-11-12(10-17-18)9-16-13-4-5-14-15(8-13)20-7-3-6-19-14/h4-5,8,10-11,16H,2-3,6-7,9H2,1H3. The van der Waals surface area contributed by atoms with Crippen molar-refractivity contribution in [2.45, 2.75) is 26.4 Å². The van der Waals surface area contributed by atoms with Gasteiger partial charge in [0.2, 0.25) is 0 Å². The molecule has 0 atom stereocenters. The van der Waals surface area contributed by atoms with Gasteiger partial charge in [0.25, 0.3) is 0 Å². The van der Waals surface area contributed by atoms with Crippen molar-refractivity contribution in [2.75, 3.05) is 18.5 Å². The molecule has 0 fully saturated rings. The normalized spacial score (nSPS) is 13.8. The second-order valence-electron chi connectivity index (χ2n) is 4.77. The lowest BCUT2D eigenvalue weighted by Crippen LogP contribution is -2.00. The Balaban J connectivity index is 1.67. The summed E-state index contributed by atoms with van der Waals surface area (Å²) in [5, 5.41) is 7.64. The van der Waals surface area contributed by atoms with Crippen LogP contribution in [0.1, 0.15) is 18.9 Å². The Morgan fingerprint density at radius 3 is 2.90 bits per heavy atom. The molecular formula is C15H19N3O2. The summed E-state index contributed by atoms with van der Waals surface area (Å²) in [6.07, 6.45) is 4.86. The van der Waals surface area contributed by atoms with Crippen LogP contribution in [0.25, 0.3) is 0 Å². The van der Waals surface area contributed by atoms with Crippen molar-refractivity contribution in [3.63, 3.8) is 0 Å². The van der Waals surface area contributed by atoms with Crippen LogP contribution < -0.4 is 14.8 Å². The lowest BCUT2D eigenvalue weighted by atomic mass is 10.2. The average molecular weight is 273 g/mol. The monoisotopic (exact) mass is 273 g/mol. The second-order valence-corrected chi connectivity index (χ2v) is 4.77. The molecule has 0 saturated heterocycles. The van der Waals surface area contributed by atoms with Gasteiger partial charge in [-0.1, -0.05) is 0 Å². The van der Waals surface area contributed by atoms with Crippen LogP contribution in [0.5, 0.6) is 11.5 Å². The van der Waals surface area contributed by atoms with E-state index in [1.165, 1.54) is 5.56 Å². The number of aromatic nitrogens is 2. The highest BCUT2D eigenvalue weighted by molar-refractivity contribution is 5.55. The molecule has 0 saturated carbocycles. The van der Waals surface area contributed by atoms with Crippen molar-refractivity contribution in [2.24, 2.45) is 0 Å². The van der Waals surface area contributed by atoms with Gasteiger partial charge in [0.05, 0.1) is 19.4 Å². The van der Waals surface area contributed by atoms with E-state index in [-0.39, 0.29) is 0 Å². The number of anilines is 1. The Hall–Kier alpha value is -2.17. The zero-order chi connectivity index (χ0) is 13.8. The minimum Gasteiger partial charge on any atom is -0.490 e. The molecule has 0 radical (unpaired) electrons. The lowest BCUT2D eigenvalue weighted by Gasteiger charge is -2.10. The Kier molecular flexibility index (Phi) is 3.76. The van der Waals surface area contributed by atoms with Gasteiger partial charge in [0.15, 0.2) is 11.5 Å². The largest absolute Gasteiger partial charge is 0.490 e. The highest BCUT2D eigenvalue weighted by Crippen LogP contribution is 2.32. The second kappa shape index (κ2) is 5.86. The molecule has 20 heavy (non-hydrogen) atoms. The number of fused-ring (bicyclic) bond motifs is 1. The Bertz CT molecular complexity index is 580. The van der Waals surface area contributed by atoms with E-state index in [4.69, 9.17) is 9.47 Å². The quantitative estimate of drug-likeness (QED) is 0.930. The molecule has 0 bridgehead atoms. The van der Waals surface area contributed by atoms with Gasteiger partial charge in [0, 0.05) is 43.0 Å². The van der Waals surface area contributed by atoms with Gasteiger partial charge in [-0.3, -0.25) is 4.68 Å². The highest BCUT2D eigenvalue weighted by atomic mass is 16.5. The van der Waals surface area contributed by atoms with Gasteiger partial charge in [-0.05, 0) is 19.1 Å². The van der Waals surface area contributed by atoms with Crippen molar-refractivity contribution in [3.8, 4) is 11.5 Å². The van der Waals surface area contributed by atoms with Gasteiger partial charge >= 0.3 is 0 Å². The molecule has 1 aliphatic rings. The SMILES string of the molecule is CCn1cc(CNc2ccc3c(c2)OCCCO3)cn1. The van der Waals surface area contributed by atoms with Crippen LogP contribution in [0.2, 0.25) is 0 Å². The summed E-state index contributed by atoms with van der Waals surface area (Å²) >= 11 is 0. The predicted molar refractivity (Wildman–Crippen MR) is 77.3 cm³/mol. The summed E-state index contributed by atoms with van der Waals surface area (Å²) in [7, 11) is 0. The molecule has 0 spiro atoms. The fraction of sp³-hybridized carbons (Fsp3) is 0.400. The van der Waals surface area contributed by atoms with Crippen LogP contribution in [-0.4, -0.2) is 23.0 Å². The topological polar surface area (TPSA) is 48.3 Å². The number of benzene rings is 1. The van der Waals surface area contributed by atoms with Crippen molar-refractivity contribution in [1.29, 1.82) is 0 Å². The number of nitrogens with one attached hydrogen (secondary N) is 1. The maximum absolute atomic E-state index is 5.68. The van der Waals surface area contributed by atoms with Gasteiger partial charge < -0.3 is 14.8 Å². The molecule has 5 heteroatoms. The highest BCUT2D eigenvalue weighted by Gasteiger charge is 2.10. The van der Waals surface area contributed by atoms with Crippen LogP contribution in [0.15, 0.2) is 30.6 Å². The molecule has 2 heterocycles. The first-order chi connectivity index (χ1) is 9.85. The molecular weight excluding hydrogens is 254 g/mol. The number of aryl methyl sites for hydroxylation is 1. The smallest absolute Gasteiger partial charge is 0.163 e. The summed E-state index contributed by atoms with van der Waals surface area (Å²) in [5.74, 6) is 1.64. The fourth-order valence-corrected chi connectivity index (χ4v) is 2.15. The third kappa shape index (κ3) is 2.87. The van der Waals surface area contributed by atoms with Crippen molar-refractivity contribution in [1.82, 2.24) is 9.78 Å². The van der Waals surface area contributed by atoms with Gasteiger partial charge in [-0.25, -0.2) is 0 Å². The van der Waals surface area contributed by atoms with Crippen LogP contribution >= 0.6 is 0 Å². The summed E-state index contributed by atoms with van der Waals surface area (Å²) in [6, 6.07) is 5.96. The zero-order valence-electron chi connectivity index (χ0n) is 11.6. The summed E-state index contributed by atoms with van der Waals surface area (Å²) < 4.78 is 13.2. The van der Waals surface area contributed by atoms with Crippen LogP contribution in [-0.2, 0) is 13.1 Å². The first-order valence-corrected chi connectivity index (χ1v) is 7.00. The molecule has 0 amide bonds. The third-order valence-corrected chi connectivity index (χ3v) is 3.25. The number of rotatable bonds is 4. The van der Waals surface area contributed by atoms with E-state index < -0.39 is 0 Å². The number of nitrogens with zero attached hydrogens (tertiary/aromatic N) is 2. The number of hydrogen-bond donors (Lipinski definition) is 1. The minimum absolute atomic E-state index is 0.708. The maximum atomic E-state index is 5.68. The first kappa shape index (κ1) is 12.8. The maximum Gasteiger partial charge on any atom is 0.163 e. The molecule has 106 valence electrons. The molecule has 1 N–H and O–H groups in total. The van der Waals surface area contributed by atoms with Crippen LogP contribution in [0.3, 0.4) is 0 Å². The van der Waals surface area contributed by atoms with Gasteiger partial charge in [-0.2, -0.15) is 5.10 Å². The van der Waals surface area contributed by atoms with Gasteiger partial charge in [-0.15, -0.1) is 0 Å². The minimum atomic E-state index is 0.708. The van der Waals surface area contributed by atoms with E-state index in [9.17, 15) is 0 Å². The summed E-state index contributed by atoms with van der Waals surface area (Å²) in [6.45, 7) is 5.15. The van der Waals surface area contributed by atoms with E-state index in [1.54, 1.807) is 0 Å². The van der Waals surface area contributed by atoms with Gasteiger partial charge in [0.1, 0.15) is 0 Å². The van der Waals surface area contributed by atoms with Crippen molar-refractivity contribution < 1.29 is 9.47 Å². The number of hydrogen-bond acceptors (Lipinski definition) is 4. The van der Waals surface area contributed by atoms with Crippen LogP contribution in [0, 0.1) is 0 Å². The van der Waals surface area contributed by atoms with Crippen molar-refractivity contribution in [3.05, 3.63) is 36.2 Å². The van der Waals surface area contributed by atoms with E-state index in [2.05, 4.69) is 23.5 Å². The first-order valence-electron chi connectivity index (χ1n) is 7.00. The molecule has 1 aliphatic heterocycles. The third-order valence-electron chi connectivity index (χ3n) is 3.25. The van der Waals surface area contributed by atoms with E-state index in [0.29, 0.717) is 6.61 Å². The predicted octanol–water partition coefficient (Wildman–Crippen LogP) is 2.68. The Morgan fingerprint density at radius 2 is 2.10 bits per heavy atom. The van der Waals surface area contributed by atoms with E-state index >= 15 is 0 Å². The molecule has 0 unspecified atom stereocenters. The summed E-state index contributed by atoms with van der Waals surface area (Å²) in [4.78, 5) is 0. The number of ether oxygens (including phenoxy) is 2. The molecule has 3 rings (SSSR count). The Labute approximate surface area is 118 Å². The molecule has 1 aromatic carbocycles. The lowest BCUT2D eigenvalue weighted by molar-refractivity contribution is 0.297. The Morgan fingerprint density at radius 1 is 1.25 bits per heavy atom. The van der Waals surface area contributed by atoms with Crippen LogP contribution in [0.4, 0.5) is 5.69 Å². The molecule has 5 nitrogen and oxygen atoms in total. The molecule has 2 aromatic rings. The summed E-state index contributed by atoms with van der Waals surface area (Å²) in [5.41, 5.74) is 2.19. The average Bonchev–Trinajstić information content (AvgIpc) is 2.82.